The average molecular weight is 495 g/mol. The molecule has 0 saturated heterocycles. The van der Waals surface area contributed by atoms with Gasteiger partial charge in [0.05, 0.1) is 16.8 Å². The number of urea groups is 1. The van der Waals surface area contributed by atoms with Crippen LogP contribution >= 0.6 is 15.9 Å². The van der Waals surface area contributed by atoms with Crippen LogP contribution in [0, 0.1) is 0 Å². The van der Waals surface area contributed by atoms with Gasteiger partial charge in [-0.05, 0) is 62.8 Å². The second-order valence-corrected chi connectivity index (χ2v) is 6.67. The van der Waals surface area contributed by atoms with Gasteiger partial charge in [0.2, 0.25) is 0 Å². The standard InChI is InChI=1S/C16H9BrF6N6O/c17-11-3-7(13-26-28-29-27-13)1-2-12(11)25-14(30)24-10-5-8(15(18,19)20)4-9(6-10)16(21,22)23/h1-6H,(H2,24,25,30)(H,26,27,28,29). The van der Waals surface area contributed by atoms with E-state index in [0.717, 1.165) is 0 Å². The van der Waals surface area contributed by atoms with E-state index in [0.29, 0.717) is 28.0 Å². The SMILES string of the molecule is O=C(Nc1cc(C(F)(F)F)cc(C(F)(F)F)c1)Nc1ccc(-c2nnn[nH]2)cc1Br. The van der Waals surface area contributed by atoms with E-state index in [4.69, 9.17) is 0 Å². The minimum Gasteiger partial charge on any atom is -0.308 e. The number of carbonyl (C=O) groups excluding carboxylic acids is 1. The molecule has 0 saturated carbocycles. The maximum Gasteiger partial charge on any atom is 0.416 e. The zero-order valence-corrected chi connectivity index (χ0v) is 15.9. The summed E-state index contributed by atoms with van der Waals surface area (Å²) in [7, 11) is 0. The van der Waals surface area contributed by atoms with Crippen LogP contribution in [-0.4, -0.2) is 26.7 Å². The van der Waals surface area contributed by atoms with Crippen molar-refractivity contribution in [3.8, 4) is 11.4 Å². The highest BCUT2D eigenvalue weighted by atomic mass is 79.9. The average Bonchev–Trinajstić information content (AvgIpc) is 3.16. The summed E-state index contributed by atoms with van der Waals surface area (Å²) in [4.78, 5) is 12.1. The Hall–Kier alpha value is -3.16. The highest BCUT2D eigenvalue weighted by molar-refractivity contribution is 9.10. The number of benzene rings is 2. The van der Waals surface area contributed by atoms with Gasteiger partial charge >= 0.3 is 18.4 Å². The molecule has 14 heteroatoms. The van der Waals surface area contributed by atoms with Crippen LogP contribution < -0.4 is 10.6 Å². The molecule has 0 atom stereocenters. The third-order valence-corrected chi connectivity index (χ3v) is 4.34. The smallest absolute Gasteiger partial charge is 0.308 e. The first-order valence-corrected chi connectivity index (χ1v) is 8.64. The third kappa shape index (κ3) is 5.06. The van der Waals surface area contributed by atoms with Crippen LogP contribution in [0.3, 0.4) is 0 Å². The number of rotatable bonds is 3. The number of aromatic nitrogens is 4. The number of hydrogen-bond acceptors (Lipinski definition) is 4. The Morgan fingerprint density at radius 2 is 1.57 bits per heavy atom. The number of alkyl halides is 6. The van der Waals surface area contributed by atoms with Crippen molar-refractivity contribution in [3.63, 3.8) is 0 Å². The number of H-pyrrole nitrogens is 1. The molecule has 3 aromatic rings. The number of halogens is 7. The van der Waals surface area contributed by atoms with Crippen LogP contribution in [0.5, 0.6) is 0 Å². The first kappa shape index (κ1) is 21.5. The first-order chi connectivity index (χ1) is 13.9. The number of hydrogen-bond donors (Lipinski definition) is 3. The number of nitrogens with one attached hydrogen (secondary N) is 3. The van der Waals surface area contributed by atoms with Gasteiger partial charge in [0.15, 0.2) is 5.82 Å². The van der Waals surface area contributed by atoms with Crippen LogP contribution in [0.15, 0.2) is 40.9 Å². The fraction of sp³-hybridized carbons (Fsp3) is 0.125. The van der Waals surface area contributed by atoms with Gasteiger partial charge in [-0.3, -0.25) is 0 Å². The Labute approximate surface area is 172 Å². The third-order valence-electron chi connectivity index (χ3n) is 3.68. The summed E-state index contributed by atoms with van der Waals surface area (Å²) < 4.78 is 77.8. The molecular formula is C16H9BrF6N6O. The zero-order valence-electron chi connectivity index (χ0n) is 14.4. The lowest BCUT2D eigenvalue weighted by molar-refractivity contribution is -0.143. The van der Waals surface area contributed by atoms with Gasteiger partial charge in [0, 0.05) is 15.7 Å². The molecule has 0 aliphatic heterocycles. The van der Waals surface area contributed by atoms with Crippen molar-refractivity contribution < 1.29 is 31.1 Å². The molecule has 0 unspecified atom stereocenters. The number of nitrogens with zero attached hydrogens (tertiary/aromatic N) is 3. The highest BCUT2D eigenvalue weighted by Crippen LogP contribution is 2.37. The fourth-order valence-corrected chi connectivity index (χ4v) is 2.83. The summed E-state index contributed by atoms with van der Waals surface area (Å²) >= 11 is 3.20. The van der Waals surface area contributed by atoms with Crippen molar-refractivity contribution in [1.82, 2.24) is 20.6 Å². The lowest BCUT2D eigenvalue weighted by atomic mass is 10.1. The van der Waals surface area contributed by atoms with Gasteiger partial charge < -0.3 is 10.6 Å². The van der Waals surface area contributed by atoms with Crippen molar-refractivity contribution in [2.24, 2.45) is 0 Å². The van der Waals surface area contributed by atoms with Gasteiger partial charge in [0.1, 0.15) is 0 Å². The summed E-state index contributed by atoms with van der Waals surface area (Å²) in [5.41, 5.74) is -3.00. The lowest BCUT2D eigenvalue weighted by Gasteiger charge is -2.15. The van der Waals surface area contributed by atoms with Crippen molar-refractivity contribution >= 4 is 33.3 Å². The lowest BCUT2D eigenvalue weighted by Crippen LogP contribution is -2.21. The number of anilines is 2. The molecule has 0 spiro atoms. The Morgan fingerprint density at radius 3 is 2.07 bits per heavy atom. The van der Waals surface area contributed by atoms with Gasteiger partial charge in [-0.15, -0.1) is 5.10 Å². The summed E-state index contributed by atoms with van der Waals surface area (Å²) in [5, 5.41) is 17.4. The minimum atomic E-state index is -5.03. The van der Waals surface area contributed by atoms with E-state index in [2.05, 4.69) is 41.9 Å². The second kappa shape index (κ2) is 7.93. The van der Waals surface area contributed by atoms with Crippen LogP contribution in [0.25, 0.3) is 11.4 Å². The Bertz CT molecular complexity index is 1030. The molecule has 7 nitrogen and oxygen atoms in total. The maximum absolute atomic E-state index is 12.9. The molecule has 0 radical (unpaired) electrons. The van der Waals surface area contributed by atoms with Crippen LogP contribution in [-0.2, 0) is 12.4 Å². The van der Waals surface area contributed by atoms with Crippen LogP contribution in [0.1, 0.15) is 11.1 Å². The summed E-state index contributed by atoms with van der Waals surface area (Å²) in [5.74, 6) is 0.343. The molecule has 30 heavy (non-hydrogen) atoms. The van der Waals surface area contributed by atoms with E-state index in [1.165, 1.54) is 12.1 Å². The van der Waals surface area contributed by atoms with Gasteiger partial charge in [0.25, 0.3) is 0 Å². The molecule has 0 aliphatic rings. The zero-order chi connectivity index (χ0) is 22.1. The second-order valence-electron chi connectivity index (χ2n) is 5.82. The first-order valence-electron chi connectivity index (χ1n) is 7.84. The van der Waals surface area contributed by atoms with E-state index < -0.39 is 35.2 Å². The quantitative estimate of drug-likeness (QED) is 0.430. The number of amides is 2. The number of tetrazole rings is 1. The molecule has 3 N–H and O–H groups in total. The molecule has 158 valence electrons. The maximum atomic E-state index is 12.9. The van der Waals surface area contributed by atoms with Gasteiger partial charge in [-0.1, -0.05) is 0 Å². The van der Waals surface area contributed by atoms with Gasteiger partial charge in [-0.2, -0.15) is 26.3 Å². The van der Waals surface area contributed by atoms with E-state index in [-0.39, 0.29) is 11.8 Å². The Kier molecular flexibility index (Phi) is 5.70. The largest absolute Gasteiger partial charge is 0.416 e. The minimum absolute atomic E-state index is 0.0310. The molecule has 2 aromatic carbocycles. The topological polar surface area (TPSA) is 95.6 Å². The molecule has 3 rings (SSSR count). The van der Waals surface area contributed by atoms with E-state index in [9.17, 15) is 31.1 Å². The highest BCUT2D eigenvalue weighted by Gasteiger charge is 2.37. The molecule has 1 heterocycles. The molecule has 0 aliphatic carbocycles. The molecule has 1 aromatic heterocycles. The Balaban J connectivity index is 1.81. The van der Waals surface area contributed by atoms with E-state index in [1.54, 1.807) is 6.07 Å². The van der Waals surface area contributed by atoms with Crippen molar-refractivity contribution in [3.05, 3.63) is 52.0 Å². The van der Waals surface area contributed by atoms with Crippen molar-refractivity contribution in [2.75, 3.05) is 10.6 Å². The summed E-state index contributed by atoms with van der Waals surface area (Å²) in [6.07, 6.45) is -10.1. The number of carbonyl (C=O) groups is 1. The summed E-state index contributed by atoms with van der Waals surface area (Å²) in [6, 6.07) is 4.26. The van der Waals surface area contributed by atoms with Crippen LogP contribution in [0.2, 0.25) is 0 Å². The number of aromatic amines is 1. The molecule has 2 amide bonds. The monoisotopic (exact) mass is 494 g/mol. The predicted molar refractivity (Wildman–Crippen MR) is 96.4 cm³/mol. The van der Waals surface area contributed by atoms with Crippen LogP contribution in [0.4, 0.5) is 42.5 Å². The van der Waals surface area contributed by atoms with E-state index in [1.807, 2.05) is 5.32 Å². The van der Waals surface area contributed by atoms with Crippen molar-refractivity contribution in [1.29, 1.82) is 0 Å². The summed E-state index contributed by atoms with van der Waals surface area (Å²) in [6.45, 7) is 0. The predicted octanol–water partition coefficient (Wildman–Crippen LogP) is 5.31. The molecule has 0 bridgehead atoms. The molecule has 0 fully saturated rings. The van der Waals surface area contributed by atoms with E-state index >= 15 is 0 Å². The normalized spacial score (nSPS) is 12.0. The van der Waals surface area contributed by atoms with Gasteiger partial charge in [-0.25, -0.2) is 9.89 Å². The van der Waals surface area contributed by atoms with Crippen molar-refractivity contribution in [2.45, 2.75) is 12.4 Å². The molecular weight excluding hydrogens is 486 g/mol. The Morgan fingerprint density at radius 1 is 0.933 bits per heavy atom. The fourth-order valence-electron chi connectivity index (χ4n) is 2.36.